The van der Waals surface area contributed by atoms with E-state index in [-0.39, 0.29) is 0 Å². The molecule has 1 heterocycles. The monoisotopic (exact) mass is 422 g/mol. The second-order valence-electron chi connectivity index (χ2n) is 10.8. The van der Waals surface area contributed by atoms with E-state index >= 15 is 0 Å². The Balaban J connectivity index is 2.45. The average molecular weight is 423 g/mol. The van der Waals surface area contributed by atoms with E-state index < -0.39 is 24.2 Å². The van der Waals surface area contributed by atoms with Crippen molar-refractivity contribution in [3.8, 4) is 0 Å². The first kappa shape index (κ1) is 21.5. The quantitative estimate of drug-likeness (QED) is 0.390. The predicted octanol–water partition coefficient (Wildman–Crippen LogP) is 6.48. The van der Waals surface area contributed by atoms with Crippen molar-refractivity contribution in [3.05, 3.63) is 71.8 Å². The summed E-state index contributed by atoms with van der Waals surface area (Å²) in [6, 6.07) is 24.6. The van der Waals surface area contributed by atoms with Crippen LogP contribution in [0.3, 0.4) is 0 Å². The zero-order chi connectivity index (χ0) is 20.8. The summed E-state index contributed by atoms with van der Waals surface area (Å²) >= 11 is 0. The van der Waals surface area contributed by atoms with Gasteiger partial charge in [-0.25, -0.2) is 0 Å². The van der Waals surface area contributed by atoms with Crippen LogP contribution >= 0.6 is 0 Å². The summed E-state index contributed by atoms with van der Waals surface area (Å²) < 4.78 is 0.485. The zero-order valence-corrected chi connectivity index (χ0v) is 22.2. The molecule has 1 atom stereocenters. The van der Waals surface area contributed by atoms with Crippen molar-refractivity contribution < 1.29 is 0 Å². The van der Waals surface area contributed by atoms with Crippen LogP contribution in [0.2, 0.25) is 49.6 Å². The Bertz CT molecular complexity index is 820. The molecule has 0 bridgehead atoms. The van der Waals surface area contributed by atoms with Gasteiger partial charge in [0.05, 0.1) is 8.07 Å². The van der Waals surface area contributed by atoms with Gasteiger partial charge in [-0.3, -0.25) is 0 Å². The summed E-state index contributed by atoms with van der Waals surface area (Å²) in [6.07, 6.45) is 1.32. The van der Waals surface area contributed by atoms with Crippen LogP contribution in [-0.4, -0.2) is 24.2 Å². The fraction of sp³-hybridized carbons (Fsp3) is 0.440. The predicted molar refractivity (Wildman–Crippen MR) is 135 cm³/mol. The van der Waals surface area contributed by atoms with Crippen molar-refractivity contribution in [1.29, 1.82) is 0 Å². The molecule has 0 saturated heterocycles. The molecule has 0 fully saturated rings. The second-order valence-corrected chi connectivity index (χ2v) is 26.9. The minimum atomic E-state index is -2.00. The fourth-order valence-electron chi connectivity index (χ4n) is 6.84. The van der Waals surface area contributed by atoms with Gasteiger partial charge >= 0.3 is 0 Å². The lowest BCUT2D eigenvalue weighted by Crippen LogP contribution is -2.78. The van der Waals surface area contributed by atoms with E-state index in [1.165, 1.54) is 12.5 Å². The first-order valence-electron chi connectivity index (χ1n) is 10.7. The highest BCUT2D eigenvalue weighted by molar-refractivity contribution is 7.24. The SMILES string of the molecule is CC1=C(C)C[Si](C)(C)C([Si](C)(C)C)([Si](C)(c2ccccc2)c2ccccc2)C1. The van der Waals surface area contributed by atoms with Crippen LogP contribution in [0.25, 0.3) is 0 Å². The van der Waals surface area contributed by atoms with E-state index in [9.17, 15) is 0 Å². The molecule has 2 aromatic rings. The molecule has 3 rings (SSSR count). The van der Waals surface area contributed by atoms with Gasteiger partial charge in [0.15, 0.2) is 0 Å². The lowest BCUT2D eigenvalue weighted by molar-refractivity contribution is 0.822. The average Bonchev–Trinajstić information content (AvgIpc) is 2.64. The molecule has 0 aromatic heterocycles. The molecule has 0 radical (unpaired) electrons. The summed E-state index contributed by atoms with van der Waals surface area (Å²) in [7, 11) is -5.08. The van der Waals surface area contributed by atoms with Gasteiger partial charge in [0.2, 0.25) is 0 Å². The summed E-state index contributed by atoms with van der Waals surface area (Å²) in [6.45, 7) is 21.0. The molecule has 0 aliphatic carbocycles. The third-order valence-corrected chi connectivity index (χ3v) is 31.0. The maximum Gasteiger partial charge on any atom is 0.116 e. The number of hydrogen-bond acceptors (Lipinski definition) is 0. The lowest BCUT2D eigenvalue weighted by Gasteiger charge is -2.64. The molecule has 0 spiro atoms. The minimum absolute atomic E-state index is 0.485. The molecule has 1 unspecified atom stereocenters. The maximum atomic E-state index is 2.72. The van der Waals surface area contributed by atoms with Gasteiger partial charge in [-0.05, 0) is 30.6 Å². The summed E-state index contributed by atoms with van der Waals surface area (Å²) in [5.41, 5.74) is 3.36. The molecular weight excluding hydrogens is 385 g/mol. The van der Waals surface area contributed by atoms with Crippen LogP contribution in [0.1, 0.15) is 20.3 Å². The molecule has 150 valence electrons. The number of benzene rings is 2. The molecule has 0 amide bonds. The van der Waals surface area contributed by atoms with Gasteiger partial charge in [-0.2, -0.15) is 0 Å². The Hall–Kier alpha value is -1.17. The van der Waals surface area contributed by atoms with E-state index in [2.05, 4.69) is 114 Å². The summed E-state index contributed by atoms with van der Waals surface area (Å²) in [5, 5.41) is 3.27. The molecule has 3 heteroatoms. The Kier molecular flexibility index (Phi) is 5.59. The van der Waals surface area contributed by atoms with E-state index in [1.807, 2.05) is 0 Å². The van der Waals surface area contributed by atoms with Crippen molar-refractivity contribution in [2.75, 3.05) is 0 Å². The summed E-state index contributed by atoms with van der Waals surface area (Å²) in [4.78, 5) is 0. The molecule has 1 aliphatic rings. The van der Waals surface area contributed by atoms with Gasteiger partial charge in [0.1, 0.15) is 8.07 Å². The first-order valence-corrected chi connectivity index (χ1v) is 19.9. The Morgan fingerprint density at radius 2 is 1.14 bits per heavy atom. The maximum absolute atomic E-state index is 2.72. The van der Waals surface area contributed by atoms with E-state index in [1.54, 1.807) is 21.5 Å². The highest BCUT2D eigenvalue weighted by Crippen LogP contribution is 2.61. The van der Waals surface area contributed by atoms with Gasteiger partial charge in [0, 0.05) is 8.07 Å². The van der Waals surface area contributed by atoms with Gasteiger partial charge in [-0.15, -0.1) is 0 Å². The highest BCUT2D eigenvalue weighted by atomic mass is 28.5. The number of allylic oxidation sites excluding steroid dienone is 2. The van der Waals surface area contributed by atoms with Crippen LogP contribution in [0.5, 0.6) is 0 Å². The largest absolute Gasteiger partial charge is 0.116 e. The Morgan fingerprint density at radius 3 is 1.54 bits per heavy atom. The topological polar surface area (TPSA) is 0 Å². The molecule has 0 saturated carbocycles. The minimum Gasteiger partial charge on any atom is -0.0771 e. The molecule has 28 heavy (non-hydrogen) atoms. The van der Waals surface area contributed by atoms with Crippen LogP contribution in [0.15, 0.2) is 71.8 Å². The molecule has 2 aromatic carbocycles. The van der Waals surface area contributed by atoms with E-state index in [4.69, 9.17) is 0 Å². The Morgan fingerprint density at radius 1 is 0.714 bits per heavy atom. The standard InChI is InChI=1S/C25H38Si3/c1-21-19-25(26(3,4)5,27(6,7)20-22(21)2)28(8,23-15-11-9-12-16-23)24-17-13-10-14-18-24/h9-18H,19-20H2,1-8H3. The van der Waals surface area contributed by atoms with Crippen molar-refractivity contribution in [2.45, 2.75) is 69.9 Å². The second kappa shape index (κ2) is 7.26. The smallest absolute Gasteiger partial charge is 0.0771 e. The third-order valence-electron chi connectivity index (χ3n) is 7.96. The van der Waals surface area contributed by atoms with Crippen LogP contribution in [0.4, 0.5) is 0 Å². The highest BCUT2D eigenvalue weighted by Gasteiger charge is 2.66. The first-order chi connectivity index (χ1) is 13.0. The molecule has 1 aliphatic heterocycles. The van der Waals surface area contributed by atoms with Crippen molar-refractivity contribution in [3.63, 3.8) is 0 Å². The number of hydrogen-bond donors (Lipinski definition) is 0. The zero-order valence-electron chi connectivity index (χ0n) is 19.2. The normalized spacial score (nSPS) is 23.0. The molecule has 0 N–H and O–H groups in total. The van der Waals surface area contributed by atoms with E-state index in [0.717, 1.165) is 0 Å². The molecule has 0 nitrogen and oxygen atoms in total. The van der Waals surface area contributed by atoms with Crippen LogP contribution in [-0.2, 0) is 0 Å². The fourth-order valence-corrected chi connectivity index (χ4v) is 35.8. The summed E-state index contributed by atoms with van der Waals surface area (Å²) in [5.74, 6) is 0. The van der Waals surface area contributed by atoms with Crippen LogP contribution < -0.4 is 10.4 Å². The van der Waals surface area contributed by atoms with Crippen molar-refractivity contribution in [1.82, 2.24) is 0 Å². The van der Waals surface area contributed by atoms with Crippen molar-refractivity contribution >= 4 is 34.6 Å². The molecular formula is C25H38Si3. The lowest BCUT2D eigenvalue weighted by atomic mass is 10.1. The van der Waals surface area contributed by atoms with Gasteiger partial charge in [0.25, 0.3) is 0 Å². The van der Waals surface area contributed by atoms with E-state index in [0.29, 0.717) is 4.28 Å². The van der Waals surface area contributed by atoms with Crippen molar-refractivity contribution in [2.24, 2.45) is 0 Å². The number of rotatable bonds is 4. The Labute approximate surface area is 176 Å². The van der Waals surface area contributed by atoms with Gasteiger partial charge < -0.3 is 0 Å². The van der Waals surface area contributed by atoms with Crippen LogP contribution in [0, 0.1) is 0 Å². The van der Waals surface area contributed by atoms with Gasteiger partial charge in [-0.1, -0.05) is 121 Å². The third kappa shape index (κ3) is 3.06.